The highest BCUT2D eigenvalue weighted by Crippen LogP contribution is 2.18. The number of aromatic amines is 1. The maximum atomic E-state index is 12.5. The summed E-state index contributed by atoms with van der Waals surface area (Å²) in [5, 5.41) is 16.1. The van der Waals surface area contributed by atoms with E-state index < -0.39 is 11.8 Å². The lowest BCUT2D eigenvalue weighted by molar-refractivity contribution is 0.0514. The second-order valence-corrected chi connectivity index (χ2v) is 6.03. The quantitative estimate of drug-likeness (QED) is 0.260. The predicted molar refractivity (Wildman–Crippen MR) is 104 cm³/mol. The number of hydrogen-bond donors (Lipinski definition) is 2. The number of benzene rings is 1. The lowest BCUT2D eigenvalue weighted by Gasteiger charge is -2.09. The monoisotopic (exact) mass is 396 g/mol. The molecule has 2 aromatic heterocycles. The molecule has 3 rings (SSSR count). The van der Waals surface area contributed by atoms with Crippen LogP contribution in [0.1, 0.15) is 39.2 Å². The Morgan fingerprint density at radius 2 is 2.03 bits per heavy atom. The van der Waals surface area contributed by atoms with Gasteiger partial charge in [-0.2, -0.15) is 5.10 Å². The van der Waals surface area contributed by atoms with Gasteiger partial charge in [0.1, 0.15) is 17.8 Å². The molecule has 0 saturated heterocycles. The molecule has 0 bridgehead atoms. The van der Waals surface area contributed by atoms with Crippen LogP contribution in [0.15, 0.2) is 48.9 Å². The number of allylic oxidation sites excluding steroid dienone is 1. The number of rotatable bonds is 8. The molecular formula is C20H20N4O5. The third-order valence-electron chi connectivity index (χ3n) is 4.09. The van der Waals surface area contributed by atoms with E-state index in [4.69, 9.17) is 9.47 Å². The molecule has 1 aromatic carbocycles. The van der Waals surface area contributed by atoms with Gasteiger partial charge < -0.3 is 19.1 Å². The smallest absolute Gasteiger partial charge is 0.354 e. The second-order valence-electron chi connectivity index (χ2n) is 6.03. The van der Waals surface area contributed by atoms with Gasteiger partial charge in [-0.05, 0) is 30.7 Å². The third-order valence-corrected chi connectivity index (χ3v) is 4.09. The van der Waals surface area contributed by atoms with Crippen LogP contribution < -0.4 is 4.74 Å². The van der Waals surface area contributed by atoms with E-state index in [-0.39, 0.29) is 29.4 Å². The molecule has 0 aliphatic rings. The summed E-state index contributed by atoms with van der Waals surface area (Å²) in [5.74, 6) is -0.692. The second kappa shape index (κ2) is 8.87. The number of ether oxygens (including phenoxy) is 2. The minimum Gasteiger partial charge on any atom is -0.504 e. The van der Waals surface area contributed by atoms with Crippen LogP contribution in [0.4, 0.5) is 0 Å². The van der Waals surface area contributed by atoms with Crippen LogP contribution in [-0.2, 0) is 11.3 Å². The van der Waals surface area contributed by atoms with E-state index in [1.54, 1.807) is 24.8 Å². The molecule has 9 heteroatoms. The van der Waals surface area contributed by atoms with Crippen molar-refractivity contribution < 1.29 is 24.2 Å². The number of carbonyl (C=O) groups is 2. The Hall–Kier alpha value is -3.88. The zero-order chi connectivity index (χ0) is 20.8. The number of H-pyrrole nitrogens is 1. The van der Waals surface area contributed by atoms with E-state index in [1.807, 2.05) is 24.3 Å². The molecule has 0 unspecified atom stereocenters. The van der Waals surface area contributed by atoms with E-state index in [0.717, 1.165) is 17.4 Å². The first-order valence-corrected chi connectivity index (χ1v) is 8.83. The third kappa shape index (κ3) is 4.70. The van der Waals surface area contributed by atoms with Gasteiger partial charge in [0.15, 0.2) is 11.5 Å². The summed E-state index contributed by atoms with van der Waals surface area (Å²) in [6.45, 7) is 2.27. The topological polar surface area (TPSA) is 119 Å². The molecule has 0 amide bonds. The maximum absolute atomic E-state index is 12.5. The van der Waals surface area contributed by atoms with Gasteiger partial charge in [-0.3, -0.25) is 9.89 Å². The van der Waals surface area contributed by atoms with Gasteiger partial charge in [-0.1, -0.05) is 12.1 Å². The zero-order valence-electron chi connectivity index (χ0n) is 16.0. The van der Waals surface area contributed by atoms with Crippen LogP contribution in [0.25, 0.3) is 5.76 Å². The SMILES string of the molecule is CCOC(=O)c1cc(C(=O)C=C(O)c2nc[nH]n2)cn1Cc1ccc(OC)cc1. The summed E-state index contributed by atoms with van der Waals surface area (Å²) in [4.78, 5) is 28.7. The first-order valence-electron chi connectivity index (χ1n) is 8.83. The lowest BCUT2D eigenvalue weighted by Crippen LogP contribution is -2.12. The molecule has 150 valence electrons. The Labute approximate surface area is 166 Å². The number of carbonyl (C=O) groups excluding carboxylic acids is 2. The number of methoxy groups -OCH3 is 1. The number of hydrogen-bond acceptors (Lipinski definition) is 7. The van der Waals surface area contributed by atoms with E-state index in [1.165, 1.54) is 12.4 Å². The van der Waals surface area contributed by atoms with Crippen molar-refractivity contribution in [3.05, 3.63) is 71.6 Å². The van der Waals surface area contributed by atoms with Gasteiger partial charge in [-0.25, -0.2) is 9.78 Å². The minimum absolute atomic E-state index is 0.00151. The molecule has 0 aliphatic carbocycles. The van der Waals surface area contributed by atoms with Crippen molar-refractivity contribution in [1.82, 2.24) is 19.7 Å². The summed E-state index contributed by atoms with van der Waals surface area (Å²) in [7, 11) is 1.58. The summed E-state index contributed by atoms with van der Waals surface area (Å²) < 4.78 is 11.9. The first-order chi connectivity index (χ1) is 14.0. The molecule has 3 aromatic rings. The molecule has 0 fully saturated rings. The largest absolute Gasteiger partial charge is 0.504 e. The Bertz CT molecular complexity index is 1020. The number of aromatic nitrogens is 4. The molecule has 2 heterocycles. The zero-order valence-corrected chi connectivity index (χ0v) is 16.0. The van der Waals surface area contributed by atoms with Crippen molar-refractivity contribution in [3.8, 4) is 5.75 Å². The van der Waals surface area contributed by atoms with Crippen molar-refractivity contribution in [1.29, 1.82) is 0 Å². The van der Waals surface area contributed by atoms with Gasteiger partial charge >= 0.3 is 5.97 Å². The fraction of sp³-hybridized carbons (Fsp3) is 0.200. The van der Waals surface area contributed by atoms with Crippen molar-refractivity contribution >= 4 is 17.5 Å². The number of ketones is 1. The van der Waals surface area contributed by atoms with Crippen LogP contribution in [0.5, 0.6) is 5.75 Å². The lowest BCUT2D eigenvalue weighted by atomic mass is 10.2. The Morgan fingerprint density at radius 3 is 2.66 bits per heavy atom. The van der Waals surface area contributed by atoms with E-state index in [9.17, 15) is 14.7 Å². The van der Waals surface area contributed by atoms with Gasteiger partial charge in [0.2, 0.25) is 5.82 Å². The highest BCUT2D eigenvalue weighted by molar-refractivity contribution is 6.08. The minimum atomic E-state index is -0.540. The number of esters is 1. The van der Waals surface area contributed by atoms with Crippen LogP contribution in [0.2, 0.25) is 0 Å². The Morgan fingerprint density at radius 1 is 1.28 bits per heavy atom. The summed E-state index contributed by atoms with van der Waals surface area (Å²) in [5.41, 5.74) is 1.37. The van der Waals surface area contributed by atoms with Crippen LogP contribution in [-0.4, -0.2) is 50.3 Å². The highest BCUT2D eigenvalue weighted by atomic mass is 16.5. The van der Waals surface area contributed by atoms with Gasteiger partial charge in [-0.15, -0.1) is 0 Å². The molecule has 0 saturated carbocycles. The number of aliphatic hydroxyl groups excluding tert-OH is 1. The maximum Gasteiger partial charge on any atom is 0.354 e. The predicted octanol–water partition coefficient (Wildman–Crippen LogP) is 2.62. The van der Waals surface area contributed by atoms with Crippen molar-refractivity contribution in [2.45, 2.75) is 13.5 Å². The van der Waals surface area contributed by atoms with Crippen molar-refractivity contribution in [2.75, 3.05) is 13.7 Å². The Balaban J connectivity index is 1.90. The molecule has 9 nitrogen and oxygen atoms in total. The fourth-order valence-electron chi connectivity index (χ4n) is 2.68. The van der Waals surface area contributed by atoms with Crippen LogP contribution in [0, 0.1) is 0 Å². The van der Waals surface area contributed by atoms with Gasteiger partial charge in [0.05, 0.1) is 13.7 Å². The number of aliphatic hydroxyl groups is 1. The summed E-state index contributed by atoms with van der Waals surface area (Å²) >= 11 is 0. The molecule has 0 aliphatic heterocycles. The van der Waals surface area contributed by atoms with Gasteiger partial charge in [0.25, 0.3) is 0 Å². The molecule has 29 heavy (non-hydrogen) atoms. The van der Waals surface area contributed by atoms with E-state index >= 15 is 0 Å². The molecule has 0 radical (unpaired) electrons. The highest BCUT2D eigenvalue weighted by Gasteiger charge is 2.19. The van der Waals surface area contributed by atoms with Crippen molar-refractivity contribution in [3.63, 3.8) is 0 Å². The van der Waals surface area contributed by atoms with E-state index in [2.05, 4.69) is 15.2 Å². The standard InChI is InChI=1S/C20H20N4O5/c1-3-29-20(27)16-8-14(17(25)9-18(26)19-21-12-22-23-19)11-24(16)10-13-4-6-15(28-2)7-5-13/h4-9,11-12,26H,3,10H2,1-2H3,(H,21,22,23). The molecule has 0 spiro atoms. The van der Waals surface area contributed by atoms with Crippen molar-refractivity contribution in [2.24, 2.45) is 0 Å². The average Bonchev–Trinajstić information content (AvgIpc) is 3.39. The average molecular weight is 396 g/mol. The number of nitrogens with zero attached hydrogens (tertiary/aromatic N) is 3. The first kappa shape index (κ1) is 19.9. The molecular weight excluding hydrogens is 376 g/mol. The van der Waals surface area contributed by atoms with E-state index in [0.29, 0.717) is 6.54 Å². The summed E-state index contributed by atoms with van der Waals surface area (Å²) in [6, 6.07) is 8.79. The normalized spacial score (nSPS) is 11.3. The Kier molecular flexibility index (Phi) is 6.08. The summed E-state index contributed by atoms with van der Waals surface area (Å²) in [6.07, 6.45) is 3.83. The number of nitrogens with one attached hydrogen (secondary N) is 1. The van der Waals surface area contributed by atoms with Crippen LogP contribution in [0.3, 0.4) is 0 Å². The molecule has 2 N–H and O–H groups in total. The van der Waals surface area contributed by atoms with Gasteiger partial charge in [0, 0.05) is 24.4 Å². The fourth-order valence-corrected chi connectivity index (χ4v) is 2.68. The molecule has 0 atom stereocenters. The van der Waals surface area contributed by atoms with Crippen LogP contribution >= 0.6 is 0 Å².